The summed E-state index contributed by atoms with van der Waals surface area (Å²) < 4.78 is 1.90. The fraction of sp³-hybridized carbons (Fsp3) is 0.471. The van der Waals surface area contributed by atoms with Crippen LogP contribution in [0.25, 0.3) is 0 Å². The number of carbonyl (C=O) groups is 1. The molecule has 0 aliphatic carbocycles. The first-order valence-electron chi connectivity index (χ1n) is 8.30. The average Bonchev–Trinajstić information content (AvgIpc) is 2.97. The molecule has 3 rings (SSSR count). The van der Waals surface area contributed by atoms with Crippen LogP contribution >= 0.6 is 24.0 Å². The number of amides is 1. The first-order chi connectivity index (χ1) is 11.6. The Morgan fingerprint density at radius 3 is 2.88 bits per heavy atom. The van der Waals surface area contributed by atoms with Crippen molar-refractivity contribution in [3.8, 4) is 0 Å². The summed E-state index contributed by atoms with van der Waals surface area (Å²) in [7, 11) is 0. The monoisotopic (exact) mass is 383 g/mol. The van der Waals surface area contributed by atoms with Gasteiger partial charge in [-0.05, 0) is 57.0 Å². The molecule has 1 amide bonds. The molecule has 1 aliphatic rings. The van der Waals surface area contributed by atoms with Crippen LogP contribution in [0.15, 0.2) is 24.3 Å². The van der Waals surface area contributed by atoms with E-state index in [-0.39, 0.29) is 18.3 Å². The van der Waals surface area contributed by atoms with Crippen LogP contribution in [0.2, 0.25) is 5.02 Å². The SMILES string of the molecule is Cc1c(C(=O)NCCc2cccc(Cl)c2)nnn1C1CCNCC1.Cl. The minimum absolute atomic E-state index is 0. The molecule has 8 heteroatoms. The van der Waals surface area contributed by atoms with E-state index in [1.54, 1.807) is 0 Å². The number of rotatable bonds is 5. The third-order valence-corrected chi connectivity index (χ3v) is 4.62. The summed E-state index contributed by atoms with van der Waals surface area (Å²) in [5, 5.41) is 15.2. The first kappa shape index (κ1) is 19.7. The van der Waals surface area contributed by atoms with E-state index in [2.05, 4.69) is 20.9 Å². The van der Waals surface area contributed by atoms with Gasteiger partial charge >= 0.3 is 0 Å². The summed E-state index contributed by atoms with van der Waals surface area (Å²) in [6, 6.07) is 7.98. The molecule has 0 saturated carbocycles. The maximum absolute atomic E-state index is 12.4. The number of aromatic nitrogens is 3. The zero-order valence-corrected chi connectivity index (χ0v) is 15.7. The Balaban J connectivity index is 0.00000225. The number of benzene rings is 1. The number of halogens is 2. The molecule has 25 heavy (non-hydrogen) atoms. The van der Waals surface area contributed by atoms with Gasteiger partial charge in [0.05, 0.1) is 11.7 Å². The van der Waals surface area contributed by atoms with Crippen molar-refractivity contribution < 1.29 is 4.79 Å². The predicted molar refractivity (Wildman–Crippen MR) is 101 cm³/mol. The summed E-state index contributed by atoms with van der Waals surface area (Å²) in [5.41, 5.74) is 2.35. The second kappa shape index (κ2) is 9.17. The average molecular weight is 384 g/mol. The van der Waals surface area contributed by atoms with Crippen LogP contribution in [-0.4, -0.2) is 40.5 Å². The summed E-state index contributed by atoms with van der Waals surface area (Å²) in [4.78, 5) is 12.4. The van der Waals surface area contributed by atoms with Crippen molar-refractivity contribution in [2.75, 3.05) is 19.6 Å². The molecule has 1 fully saturated rings. The maximum Gasteiger partial charge on any atom is 0.273 e. The highest BCUT2D eigenvalue weighted by Crippen LogP contribution is 2.20. The smallest absolute Gasteiger partial charge is 0.273 e. The summed E-state index contributed by atoms with van der Waals surface area (Å²) in [5.74, 6) is -0.172. The first-order valence-corrected chi connectivity index (χ1v) is 8.68. The molecule has 2 N–H and O–H groups in total. The van der Waals surface area contributed by atoms with Gasteiger partial charge in [0.1, 0.15) is 0 Å². The molecule has 0 atom stereocenters. The molecule has 2 aromatic rings. The van der Waals surface area contributed by atoms with E-state index in [0.717, 1.165) is 43.6 Å². The van der Waals surface area contributed by atoms with Crippen LogP contribution in [0.1, 0.15) is 40.6 Å². The van der Waals surface area contributed by atoms with Gasteiger partial charge < -0.3 is 10.6 Å². The van der Waals surface area contributed by atoms with Crippen molar-refractivity contribution in [3.05, 3.63) is 46.2 Å². The Bertz CT molecular complexity index is 713. The van der Waals surface area contributed by atoms with E-state index in [9.17, 15) is 4.79 Å². The molecule has 136 valence electrons. The lowest BCUT2D eigenvalue weighted by atomic mass is 10.1. The molecule has 0 bridgehead atoms. The summed E-state index contributed by atoms with van der Waals surface area (Å²) in [6.07, 6.45) is 2.76. The third-order valence-electron chi connectivity index (χ3n) is 4.39. The van der Waals surface area contributed by atoms with Crippen LogP contribution in [0.4, 0.5) is 0 Å². The molecule has 1 saturated heterocycles. The molecule has 6 nitrogen and oxygen atoms in total. The zero-order valence-electron chi connectivity index (χ0n) is 14.2. The van der Waals surface area contributed by atoms with E-state index in [1.807, 2.05) is 35.9 Å². The topological polar surface area (TPSA) is 71.8 Å². The normalized spacial score (nSPS) is 14.8. The van der Waals surface area contributed by atoms with Crippen molar-refractivity contribution in [1.29, 1.82) is 0 Å². The van der Waals surface area contributed by atoms with E-state index < -0.39 is 0 Å². The maximum atomic E-state index is 12.4. The molecule has 1 aromatic heterocycles. The highest BCUT2D eigenvalue weighted by Gasteiger charge is 2.22. The van der Waals surface area contributed by atoms with Gasteiger partial charge in [0.25, 0.3) is 5.91 Å². The number of carbonyl (C=O) groups excluding carboxylic acids is 1. The standard InChI is InChI=1S/C17H22ClN5O.ClH/c1-12-16(21-22-23(12)15-6-8-19-9-7-15)17(24)20-10-5-13-3-2-4-14(18)11-13;/h2-4,11,15,19H,5-10H2,1H3,(H,20,24);1H. The van der Waals surface area contributed by atoms with E-state index in [0.29, 0.717) is 23.3 Å². The quantitative estimate of drug-likeness (QED) is 0.831. The van der Waals surface area contributed by atoms with Gasteiger partial charge in [-0.2, -0.15) is 0 Å². The minimum atomic E-state index is -0.172. The van der Waals surface area contributed by atoms with E-state index in [1.165, 1.54) is 0 Å². The fourth-order valence-electron chi connectivity index (χ4n) is 3.05. The van der Waals surface area contributed by atoms with Gasteiger partial charge in [-0.15, -0.1) is 17.5 Å². The molecule has 0 radical (unpaired) electrons. The van der Waals surface area contributed by atoms with Crippen molar-refractivity contribution >= 4 is 29.9 Å². The van der Waals surface area contributed by atoms with Gasteiger partial charge in [0, 0.05) is 11.6 Å². The Kier molecular flexibility index (Phi) is 7.23. The molecule has 0 spiro atoms. The van der Waals surface area contributed by atoms with Crippen molar-refractivity contribution in [2.24, 2.45) is 0 Å². The van der Waals surface area contributed by atoms with Gasteiger partial charge in [-0.25, -0.2) is 4.68 Å². The molecule has 2 heterocycles. The molecule has 1 aromatic carbocycles. The highest BCUT2D eigenvalue weighted by molar-refractivity contribution is 6.30. The van der Waals surface area contributed by atoms with Crippen molar-refractivity contribution in [1.82, 2.24) is 25.6 Å². The number of piperidine rings is 1. The third kappa shape index (κ3) is 4.93. The van der Waals surface area contributed by atoms with Crippen LogP contribution in [0, 0.1) is 6.92 Å². The minimum Gasteiger partial charge on any atom is -0.350 e. The second-order valence-corrected chi connectivity index (χ2v) is 6.52. The van der Waals surface area contributed by atoms with E-state index in [4.69, 9.17) is 11.6 Å². The Hall–Kier alpha value is -1.63. The summed E-state index contributed by atoms with van der Waals surface area (Å²) >= 11 is 5.97. The number of hydrogen-bond donors (Lipinski definition) is 2. The number of hydrogen-bond acceptors (Lipinski definition) is 4. The Morgan fingerprint density at radius 1 is 1.40 bits per heavy atom. The Morgan fingerprint density at radius 2 is 2.16 bits per heavy atom. The molecule has 0 unspecified atom stereocenters. The lowest BCUT2D eigenvalue weighted by Crippen LogP contribution is -2.30. The van der Waals surface area contributed by atoms with Gasteiger partial charge in [0.15, 0.2) is 5.69 Å². The highest BCUT2D eigenvalue weighted by atomic mass is 35.5. The van der Waals surface area contributed by atoms with Crippen LogP contribution < -0.4 is 10.6 Å². The largest absolute Gasteiger partial charge is 0.350 e. The van der Waals surface area contributed by atoms with Crippen LogP contribution in [-0.2, 0) is 6.42 Å². The fourth-order valence-corrected chi connectivity index (χ4v) is 3.26. The van der Waals surface area contributed by atoms with Crippen molar-refractivity contribution in [2.45, 2.75) is 32.2 Å². The van der Waals surface area contributed by atoms with E-state index >= 15 is 0 Å². The second-order valence-electron chi connectivity index (χ2n) is 6.09. The molecular weight excluding hydrogens is 361 g/mol. The van der Waals surface area contributed by atoms with Gasteiger partial charge in [-0.1, -0.05) is 28.9 Å². The zero-order chi connectivity index (χ0) is 16.9. The van der Waals surface area contributed by atoms with Crippen LogP contribution in [0.3, 0.4) is 0 Å². The lowest BCUT2D eigenvalue weighted by Gasteiger charge is -2.23. The molecular formula is C17H23Cl2N5O. The van der Waals surface area contributed by atoms with Gasteiger partial charge in [-0.3, -0.25) is 4.79 Å². The van der Waals surface area contributed by atoms with Gasteiger partial charge in [0.2, 0.25) is 0 Å². The molecule has 1 aliphatic heterocycles. The predicted octanol–water partition coefficient (Wildman–Crippen LogP) is 2.56. The number of nitrogens with one attached hydrogen (secondary N) is 2. The number of nitrogens with zero attached hydrogens (tertiary/aromatic N) is 3. The Labute approximate surface area is 158 Å². The van der Waals surface area contributed by atoms with Crippen molar-refractivity contribution in [3.63, 3.8) is 0 Å². The lowest BCUT2D eigenvalue weighted by molar-refractivity contribution is 0.0948. The van der Waals surface area contributed by atoms with Crippen LogP contribution in [0.5, 0.6) is 0 Å². The summed E-state index contributed by atoms with van der Waals surface area (Å²) in [6.45, 7) is 4.41.